The third-order valence-corrected chi connectivity index (χ3v) is 4.62. The second-order valence-electron chi connectivity index (χ2n) is 6.15. The standard InChI is InChI=1S/C18H24N2O/c1-3-13(2)20-10-9-17(19-20)12-18(21)16-8-7-14-5-4-6-15(14)11-16/h7-11,13,18,21H,3-6,12H2,1-2H3. The van der Waals surface area contributed by atoms with Crippen molar-refractivity contribution in [1.82, 2.24) is 9.78 Å². The molecule has 0 aliphatic heterocycles. The molecule has 1 aromatic carbocycles. The first kappa shape index (κ1) is 14.3. The predicted octanol–water partition coefficient (Wildman–Crippen LogP) is 3.62. The van der Waals surface area contributed by atoms with Gasteiger partial charge in [-0.1, -0.05) is 25.1 Å². The lowest BCUT2D eigenvalue weighted by atomic mass is 10.00. The average Bonchev–Trinajstić information content (AvgIpc) is 3.14. The molecule has 0 radical (unpaired) electrons. The van der Waals surface area contributed by atoms with Crippen LogP contribution >= 0.6 is 0 Å². The maximum atomic E-state index is 10.5. The predicted molar refractivity (Wildman–Crippen MR) is 84.4 cm³/mol. The van der Waals surface area contributed by atoms with Crippen LogP contribution in [0.4, 0.5) is 0 Å². The molecule has 2 unspecified atom stereocenters. The molecule has 0 saturated carbocycles. The average molecular weight is 284 g/mol. The van der Waals surface area contributed by atoms with E-state index in [1.165, 1.54) is 24.0 Å². The summed E-state index contributed by atoms with van der Waals surface area (Å²) in [7, 11) is 0. The molecule has 2 atom stereocenters. The van der Waals surface area contributed by atoms with Crippen LogP contribution in [-0.2, 0) is 19.3 Å². The summed E-state index contributed by atoms with van der Waals surface area (Å²) in [4.78, 5) is 0. The first-order valence-corrected chi connectivity index (χ1v) is 8.01. The van der Waals surface area contributed by atoms with Gasteiger partial charge >= 0.3 is 0 Å². The van der Waals surface area contributed by atoms with Crippen LogP contribution in [0.1, 0.15) is 61.2 Å². The highest BCUT2D eigenvalue weighted by molar-refractivity contribution is 5.36. The van der Waals surface area contributed by atoms with E-state index in [0.717, 1.165) is 24.1 Å². The molecule has 1 aliphatic rings. The Morgan fingerprint density at radius 3 is 2.86 bits per heavy atom. The summed E-state index contributed by atoms with van der Waals surface area (Å²) in [5, 5.41) is 15.0. The maximum absolute atomic E-state index is 10.5. The van der Waals surface area contributed by atoms with Crippen molar-refractivity contribution in [3.8, 4) is 0 Å². The number of hydrogen-bond donors (Lipinski definition) is 1. The fourth-order valence-corrected chi connectivity index (χ4v) is 3.03. The van der Waals surface area contributed by atoms with E-state index in [1.807, 2.05) is 16.9 Å². The molecule has 0 spiro atoms. The summed E-state index contributed by atoms with van der Waals surface area (Å²) in [5.41, 5.74) is 4.85. The SMILES string of the molecule is CCC(C)n1ccc(CC(O)c2ccc3c(c2)CCC3)n1. The summed E-state index contributed by atoms with van der Waals surface area (Å²) in [5.74, 6) is 0. The molecule has 3 rings (SSSR count). The Morgan fingerprint density at radius 2 is 2.05 bits per heavy atom. The number of hydrogen-bond acceptors (Lipinski definition) is 2. The zero-order valence-corrected chi connectivity index (χ0v) is 12.9. The summed E-state index contributed by atoms with van der Waals surface area (Å²) >= 11 is 0. The highest BCUT2D eigenvalue weighted by atomic mass is 16.3. The van der Waals surface area contributed by atoms with Crippen LogP contribution in [-0.4, -0.2) is 14.9 Å². The molecule has 3 heteroatoms. The monoisotopic (exact) mass is 284 g/mol. The van der Waals surface area contributed by atoms with Gasteiger partial charge in [0.1, 0.15) is 0 Å². The molecule has 1 aromatic heterocycles. The highest BCUT2D eigenvalue weighted by Gasteiger charge is 2.16. The molecule has 0 bridgehead atoms. The van der Waals surface area contributed by atoms with E-state index in [2.05, 4.69) is 37.1 Å². The van der Waals surface area contributed by atoms with Crippen LogP contribution in [0.5, 0.6) is 0 Å². The van der Waals surface area contributed by atoms with E-state index in [1.54, 1.807) is 0 Å². The Balaban J connectivity index is 1.71. The van der Waals surface area contributed by atoms with Crippen molar-refractivity contribution >= 4 is 0 Å². The topological polar surface area (TPSA) is 38.0 Å². The molecule has 0 amide bonds. The second-order valence-corrected chi connectivity index (χ2v) is 6.15. The lowest BCUT2D eigenvalue weighted by Crippen LogP contribution is -2.07. The summed E-state index contributed by atoms with van der Waals surface area (Å²) in [6.45, 7) is 4.32. The van der Waals surface area contributed by atoms with Crippen molar-refractivity contribution in [1.29, 1.82) is 0 Å². The van der Waals surface area contributed by atoms with E-state index in [4.69, 9.17) is 0 Å². The number of aliphatic hydroxyl groups is 1. The van der Waals surface area contributed by atoms with Gasteiger partial charge in [-0.15, -0.1) is 0 Å². The van der Waals surface area contributed by atoms with E-state index >= 15 is 0 Å². The minimum atomic E-state index is -0.462. The molecule has 0 fully saturated rings. The normalized spacial score (nSPS) is 16.7. The van der Waals surface area contributed by atoms with Gasteiger partial charge < -0.3 is 5.11 Å². The van der Waals surface area contributed by atoms with Crippen LogP contribution in [0.15, 0.2) is 30.5 Å². The van der Waals surface area contributed by atoms with E-state index in [0.29, 0.717) is 12.5 Å². The van der Waals surface area contributed by atoms with Gasteiger partial charge in [0.2, 0.25) is 0 Å². The summed E-state index contributed by atoms with van der Waals surface area (Å²) < 4.78 is 1.99. The van der Waals surface area contributed by atoms with E-state index in [-0.39, 0.29) is 0 Å². The summed E-state index contributed by atoms with van der Waals surface area (Å²) in [6.07, 6.45) is 6.78. The number of aromatic nitrogens is 2. The minimum Gasteiger partial charge on any atom is -0.388 e. The Morgan fingerprint density at radius 1 is 1.24 bits per heavy atom. The number of rotatable bonds is 5. The Bertz CT molecular complexity index is 617. The number of benzene rings is 1. The van der Waals surface area contributed by atoms with Gasteiger partial charge in [-0.2, -0.15) is 5.10 Å². The highest BCUT2D eigenvalue weighted by Crippen LogP contribution is 2.26. The first-order valence-electron chi connectivity index (χ1n) is 8.01. The lowest BCUT2D eigenvalue weighted by molar-refractivity contribution is 0.176. The largest absolute Gasteiger partial charge is 0.388 e. The van der Waals surface area contributed by atoms with Gasteiger partial charge in [0.05, 0.1) is 11.8 Å². The molecule has 3 nitrogen and oxygen atoms in total. The molecule has 1 aliphatic carbocycles. The molecule has 1 heterocycles. The number of fused-ring (bicyclic) bond motifs is 1. The molecule has 0 saturated heterocycles. The molecular weight excluding hydrogens is 260 g/mol. The minimum absolute atomic E-state index is 0.413. The third-order valence-electron chi connectivity index (χ3n) is 4.62. The van der Waals surface area contributed by atoms with Crippen LogP contribution in [0.3, 0.4) is 0 Å². The fraction of sp³-hybridized carbons (Fsp3) is 0.500. The summed E-state index contributed by atoms with van der Waals surface area (Å²) in [6, 6.07) is 8.86. The Hall–Kier alpha value is -1.61. The van der Waals surface area contributed by atoms with Gasteiger partial charge in [-0.3, -0.25) is 4.68 Å². The molecule has 2 aromatic rings. The smallest absolute Gasteiger partial charge is 0.0846 e. The van der Waals surface area contributed by atoms with Crippen molar-refractivity contribution in [3.63, 3.8) is 0 Å². The van der Waals surface area contributed by atoms with Crippen LogP contribution in [0.25, 0.3) is 0 Å². The second kappa shape index (κ2) is 6.02. The van der Waals surface area contributed by atoms with Crippen LogP contribution in [0.2, 0.25) is 0 Å². The van der Waals surface area contributed by atoms with E-state index in [9.17, 15) is 5.11 Å². The zero-order valence-electron chi connectivity index (χ0n) is 12.9. The lowest BCUT2D eigenvalue weighted by Gasteiger charge is -2.12. The number of aryl methyl sites for hydroxylation is 2. The van der Waals surface area contributed by atoms with Crippen molar-refractivity contribution in [2.45, 2.75) is 58.1 Å². The van der Waals surface area contributed by atoms with E-state index < -0.39 is 6.10 Å². The first-order chi connectivity index (χ1) is 10.2. The number of nitrogens with zero attached hydrogens (tertiary/aromatic N) is 2. The molecule has 1 N–H and O–H groups in total. The maximum Gasteiger partial charge on any atom is 0.0846 e. The van der Waals surface area contributed by atoms with Gasteiger partial charge in [0.25, 0.3) is 0 Å². The van der Waals surface area contributed by atoms with Crippen molar-refractivity contribution in [2.24, 2.45) is 0 Å². The van der Waals surface area contributed by atoms with Gasteiger partial charge in [0, 0.05) is 18.7 Å². The van der Waals surface area contributed by atoms with Crippen molar-refractivity contribution < 1.29 is 5.11 Å². The van der Waals surface area contributed by atoms with Gasteiger partial charge in [0.15, 0.2) is 0 Å². The quantitative estimate of drug-likeness (QED) is 0.910. The fourth-order valence-electron chi connectivity index (χ4n) is 3.03. The molecule has 112 valence electrons. The third kappa shape index (κ3) is 3.03. The Kier molecular flexibility index (Phi) is 4.11. The van der Waals surface area contributed by atoms with Crippen molar-refractivity contribution in [2.75, 3.05) is 0 Å². The number of aliphatic hydroxyl groups excluding tert-OH is 1. The van der Waals surface area contributed by atoms with Crippen LogP contribution < -0.4 is 0 Å². The van der Waals surface area contributed by atoms with Crippen LogP contribution in [0, 0.1) is 0 Å². The van der Waals surface area contributed by atoms with Gasteiger partial charge in [-0.25, -0.2) is 0 Å². The Labute approximate surface area is 126 Å². The molecular formula is C18H24N2O. The van der Waals surface area contributed by atoms with Crippen molar-refractivity contribution in [3.05, 3.63) is 52.8 Å². The zero-order chi connectivity index (χ0) is 14.8. The van der Waals surface area contributed by atoms with Gasteiger partial charge in [-0.05, 0) is 55.4 Å². The molecule has 21 heavy (non-hydrogen) atoms.